The Morgan fingerprint density at radius 3 is 1.32 bits per heavy atom. The van der Waals surface area contributed by atoms with E-state index in [1.165, 1.54) is 48.5 Å². The average Bonchev–Trinajstić information content (AvgIpc) is 2.71. The molecule has 2 N–H and O–H groups in total. The molecule has 0 bridgehead atoms. The van der Waals surface area contributed by atoms with Gasteiger partial charge in [-0.05, 0) is 48.2 Å². The molecule has 0 unspecified atom stereocenters. The molecule has 0 heterocycles. The van der Waals surface area contributed by atoms with Gasteiger partial charge in [0.25, 0.3) is 0 Å². The van der Waals surface area contributed by atoms with Gasteiger partial charge in [-0.25, -0.2) is 19.6 Å². The molecule has 6 nitrogen and oxygen atoms in total. The highest BCUT2D eigenvalue weighted by Gasteiger charge is 2.13. The number of amides is 2. The van der Waals surface area contributed by atoms with E-state index in [2.05, 4.69) is 21.1 Å². The van der Waals surface area contributed by atoms with E-state index in [9.17, 15) is 18.4 Å². The van der Waals surface area contributed by atoms with Crippen molar-refractivity contribution in [1.82, 2.24) is 10.9 Å². The predicted octanol–water partition coefficient (Wildman–Crippen LogP) is 3.13. The van der Waals surface area contributed by atoms with Gasteiger partial charge in [0.05, 0.1) is 11.4 Å². The Hall–Kier alpha value is -3.42. The second kappa shape index (κ2) is 10.1. The minimum absolute atomic E-state index is 0.381. The van der Waals surface area contributed by atoms with E-state index in [0.29, 0.717) is 35.4 Å². The smallest absolute Gasteiger partial charge is 0.262 e. The lowest BCUT2D eigenvalue weighted by Gasteiger charge is -2.06. The van der Waals surface area contributed by atoms with Gasteiger partial charge in [-0.3, -0.25) is 9.59 Å². The molecule has 2 rings (SSSR count). The van der Waals surface area contributed by atoms with Crippen LogP contribution in [0.5, 0.6) is 0 Å². The van der Waals surface area contributed by atoms with Crippen molar-refractivity contribution in [2.24, 2.45) is 10.2 Å². The van der Waals surface area contributed by atoms with E-state index < -0.39 is 11.8 Å². The number of benzene rings is 2. The molecule has 0 aliphatic carbocycles. The zero-order valence-electron chi connectivity index (χ0n) is 15.5. The third-order valence-corrected chi connectivity index (χ3v) is 3.82. The van der Waals surface area contributed by atoms with E-state index in [4.69, 9.17) is 0 Å². The van der Waals surface area contributed by atoms with E-state index in [1.807, 2.05) is 13.8 Å². The van der Waals surface area contributed by atoms with Gasteiger partial charge in [0.1, 0.15) is 11.6 Å². The first-order valence-corrected chi connectivity index (χ1v) is 8.69. The molecule has 2 aromatic rings. The minimum atomic E-state index is -0.994. The first-order valence-electron chi connectivity index (χ1n) is 8.69. The van der Waals surface area contributed by atoms with Gasteiger partial charge in [0, 0.05) is 0 Å². The molecule has 0 atom stereocenters. The lowest BCUT2D eigenvalue weighted by molar-refractivity contribution is -0.139. The van der Waals surface area contributed by atoms with Gasteiger partial charge in [0.2, 0.25) is 0 Å². The Morgan fingerprint density at radius 2 is 1.04 bits per heavy atom. The number of hydrogen-bond acceptors (Lipinski definition) is 4. The normalized spacial score (nSPS) is 11.9. The summed E-state index contributed by atoms with van der Waals surface area (Å²) < 4.78 is 26.0. The van der Waals surface area contributed by atoms with Gasteiger partial charge in [-0.2, -0.15) is 10.2 Å². The summed E-state index contributed by atoms with van der Waals surface area (Å²) in [6, 6.07) is 11.3. The predicted molar refractivity (Wildman–Crippen MR) is 103 cm³/mol. The molecule has 0 radical (unpaired) electrons. The highest BCUT2D eigenvalue weighted by Crippen LogP contribution is 2.07. The third kappa shape index (κ3) is 5.80. The summed E-state index contributed by atoms with van der Waals surface area (Å²) in [4.78, 5) is 23.8. The van der Waals surface area contributed by atoms with Crippen LogP contribution in [0.1, 0.15) is 37.8 Å². The average molecular weight is 386 g/mol. The van der Waals surface area contributed by atoms with Gasteiger partial charge in [0.15, 0.2) is 0 Å². The molecule has 146 valence electrons. The molecule has 0 aromatic heterocycles. The molecule has 0 spiro atoms. The molecule has 0 saturated carbocycles. The van der Waals surface area contributed by atoms with Crippen LogP contribution in [0.4, 0.5) is 8.78 Å². The molecule has 0 fully saturated rings. The van der Waals surface area contributed by atoms with Crippen molar-refractivity contribution in [3.05, 3.63) is 71.3 Å². The van der Waals surface area contributed by atoms with Crippen LogP contribution in [-0.2, 0) is 9.59 Å². The SMILES string of the molecule is CC/C(=N/NC(=O)C(=O)N/N=C(/CC)c1ccc(F)cc1)c1ccc(F)cc1. The van der Waals surface area contributed by atoms with E-state index in [0.717, 1.165) is 0 Å². The van der Waals surface area contributed by atoms with Crippen molar-refractivity contribution in [3.8, 4) is 0 Å². The fraction of sp³-hybridized carbons (Fsp3) is 0.200. The maximum absolute atomic E-state index is 13.0. The lowest BCUT2D eigenvalue weighted by Crippen LogP contribution is -2.36. The van der Waals surface area contributed by atoms with E-state index in [-0.39, 0.29) is 11.6 Å². The largest absolute Gasteiger partial charge is 0.331 e. The summed E-state index contributed by atoms with van der Waals surface area (Å²) in [6.45, 7) is 3.63. The highest BCUT2D eigenvalue weighted by molar-refractivity contribution is 6.35. The Bertz CT molecular complexity index is 816. The van der Waals surface area contributed by atoms with Crippen molar-refractivity contribution >= 4 is 23.2 Å². The van der Waals surface area contributed by atoms with Crippen LogP contribution in [0, 0.1) is 11.6 Å². The molecule has 0 aliphatic heterocycles. The van der Waals surface area contributed by atoms with Crippen LogP contribution in [0.15, 0.2) is 58.7 Å². The Labute approximate surface area is 161 Å². The lowest BCUT2D eigenvalue weighted by atomic mass is 10.1. The Morgan fingerprint density at radius 1 is 0.714 bits per heavy atom. The second-order valence-electron chi connectivity index (χ2n) is 5.72. The number of nitrogens with one attached hydrogen (secondary N) is 2. The van der Waals surface area contributed by atoms with Gasteiger partial charge < -0.3 is 0 Å². The zero-order chi connectivity index (χ0) is 20.5. The Balaban J connectivity index is 2.02. The highest BCUT2D eigenvalue weighted by atomic mass is 19.1. The summed E-state index contributed by atoms with van der Waals surface area (Å²) >= 11 is 0. The molecule has 8 heteroatoms. The fourth-order valence-electron chi connectivity index (χ4n) is 2.32. The van der Waals surface area contributed by atoms with Gasteiger partial charge in [-0.15, -0.1) is 0 Å². The first-order chi connectivity index (χ1) is 13.4. The van der Waals surface area contributed by atoms with Crippen LogP contribution >= 0.6 is 0 Å². The summed E-state index contributed by atoms with van der Waals surface area (Å²) in [6.07, 6.45) is 0.937. The molecule has 0 aliphatic rings. The molecular weight excluding hydrogens is 366 g/mol. The van der Waals surface area contributed by atoms with Crippen LogP contribution in [0.25, 0.3) is 0 Å². The van der Waals surface area contributed by atoms with Crippen molar-refractivity contribution in [3.63, 3.8) is 0 Å². The Kier molecular flexibility index (Phi) is 7.50. The van der Waals surface area contributed by atoms with E-state index >= 15 is 0 Å². The summed E-state index contributed by atoms with van der Waals surface area (Å²) in [5.41, 5.74) is 6.57. The number of carbonyl (C=O) groups is 2. The van der Waals surface area contributed by atoms with Crippen LogP contribution in [-0.4, -0.2) is 23.2 Å². The quantitative estimate of drug-likeness (QED) is 0.454. The maximum Gasteiger partial charge on any atom is 0.331 e. The summed E-state index contributed by atoms with van der Waals surface area (Å²) in [7, 11) is 0. The van der Waals surface area contributed by atoms with Crippen LogP contribution in [0.3, 0.4) is 0 Å². The summed E-state index contributed by atoms with van der Waals surface area (Å²) in [5.74, 6) is -2.75. The maximum atomic E-state index is 13.0. The number of halogens is 2. The molecular formula is C20H20F2N4O2. The third-order valence-electron chi connectivity index (χ3n) is 3.82. The zero-order valence-corrected chi connectivity index (χ0v) is 15.5. The topological polar surface area (TPSA) is 82.9 Å². The molecule has 28 heavy (non-hydrogen) atoms. The molecule has 2 aromatic carbocycles. The van der Waals surface area contributed by atoms with Crippen molar-refractivity contribution < 1.29 is 18.4 Å². The summed E-state index contributed by atoms with van der Waals surface area (Å²) in [5, 5.41) is 7.84. The molecule has 0 saturated heterocycles. The number of carbonyl (C=O) groups excluding carboxylic acids is 2. The van der Waals surface area contributed by atoms with Crippen molar-refractivity contribution in [1.29, 1.82) is 0 Å². The second-order valence-corrected chi connectivity index (χ2v) is 5.72. The number of hydrogen-bond donors (Lipinski definition) is 2. The molecule has 2 amide bonds. The number of rotatable bonds is 6. The van der Waals surface area contributed by atoms with Crippen molar-refractivity contribution in [2.45, 2.75) is 26.7 Å². The fourth-order valence-corrected chi connectivity index (χ4v) is 2.32. The van der Waals surface area contributed by atoms with Gasteiger partial charge in [-0.1, -0.05) is 38.1 Å². The standard InChI is InChI=1S/C20H20F2N4O2/c1-3-17(13-5-9-15(21)10-6-13)23-25-19(27)20(28)26-24-18(4-2)14-7-11-16(22)12-8-14/h5-12H,3-4H2,1-2H3,(H,25,27)(H,26,28)/b23-17-,24-18-. The van der Waals surface area contributed by atoms with E-state index in [1.54, 1.807) is 0 Å². The van der Waals surface area contributed by atoms with Gasteiger partial charge >= 0.3 is 11.8 Å². The van der Waals surface area contributed by atoms with Crippen LogP contribution < -0.4 is 10.9 Å². The number of nitrogens with zero attached hydrogens (tertiary/aromatic N) is 2. The first kappa shape index (κ1) is 20.9. The minimum Gasteiger partial charge on any atom is -0.262 e. The number of hydrazone groups is 2. The monoisotopic (exact) mass is 386 g/mol. The van der Waals surface area contributed by atoms with Crippen molar-refractivity contribution in [2.75, 3.05) is 0 Å². The van der Waals surface area contributed by atoms with Crippen LogP contribution in [0.2, 0.25) is 0 Å².